The van der Waals surface area contributed by atoms with Gasteiger partial charge in [-0.05, 0) is 49.7 Å². The Morgan fingerprint density at radius 2 is 1.59 bits per heavy atom. The van der Waals surface area contributed by atoms with E-state index in [4.69, 9.17) is 14.2 Å². The molecule has 0 atom stereocenters. The number of rotatable bonds is 5. The number of hydrogen-bond donors (Lipinski definition) is 0. The van der Waals surface area contributed by atoms with Crippen molar-refractivity contribution in [3.63, 3.8) is 0 Å². The minimum absolute atomic E-state index is 0.544. The van der Waals surface area contributed by atoms with Crippen LogP contribution in [0.4, 0.5) is 0 Å². The molecule has 0 unspecified atom stereocenters. The van der Waals surface area contributed by atoms with Gasteiger partial charge in [-0.1, -0.05) is 29.8 Å². The average Bonchev–Trinajstić information content (AvgIpc) is 3.29. The zero-order valence-electron chi connectivity index (χ0n) is 19.2. The van der Waals surface area contributed by atoms with Crippen molar-refractivity contribution < 1.29 is 14.2 Å². The van der Waals surface area contributed by atoms with Crippen LogP contribution in [0.3, 0.4) is 0 Å². The second-order valence-corrected chi connectivity index (χ2v) is 8.52. The third kappa shape index (κ3) is 3.61. The largest absolute Gasteiger partial charge is 0.494 e. The summed E-state index contributed by atoms with van der Waals surface area (Å²) in [6.07, 6.45) is 2.15. The highest BCUT2D eigenvalue weighted by Gasteiger charge is 2.23. The zero-order chi connectivity index (χ0) is 23.1. The highest BCUT2D eigenvalue weighted by molar-refractivity contribution is 5.99. The van der Waals surface area contributed by atoms with E-state index in [0.717, 1.165) is 57.2 Å². The standard InChI is InChI=1S/C28H25N3O3/c1-3-32-21-10-8-20(9-11-21)27-23-17-31(16-19-6-4-18(2)5-7-19)24-15-26-25(33-12-13-34-26)14-22(24)28(23)30-29-27/h4-11,14-15,17H,3,12-13,16H2,1-2H3. The molecule has 0 amide bonds. The molecule has 0 aliphatic carbocycles. The maximum absolute atomic E-state index is 5.88. The molecule has 34 heavy (non-hydrogen) atoms. The summed E-state index contributed by atoms with van der Waals surface area (Å²) in [7, 11) is 0. The normalized spacial score (nSPS) is 12.9. The highest BCUT2D eigenvalue weighted by atomic mass is 16.6. The molecule has 0 fully saturated rings. The Kier molecular flexibility index (Phi) is 5.06. The third-order valence-electron chi connectivity index (χ3n) is 6.18. The average molecular weight is 452 g/mol. The van der Waals surface area contributed by atoms with Gasteiger partial charge < -0.3 is 18.8 Å². The van der Waals surface area contributed by atoms with E-state index >= 15 is 0 Å². The summed E-state index contributed by atoms with van der Waals surface area (Å²) >= 11 is 0. The van der Waals surface area contributed by atoms with Crippen LogP contribution in [-0.2, 0) is 6.54 Å². The molecular weight excluding hydrogens is 426 g/mol. The van der Waals surface area contributed by atoms with Crippen LogP contribution in [0.5, 0.6) is 17.2 Å². The summed E-state index contributed by atoms with van der Waals surface area (Å²) in [6, 6.07) is 20.7. The summed E-state index contributed by atoms with van der Waals surface area (Å²) < 4.78 is 19.6. The fraction of sp³-hybridized carbons (Fsp3) is 0.214. The molecular formula is C28H25N3O3. The van der Waals surface area contributed by atoms with Crippen molar-refractivity contribution in [3.8, 4) is 39.8 Å². The first-order valence-corrected chi connectivity index (χ1v) is 11.6. The summed E-state index contributed by atoms with van der Waals surface area (Å²) in [5, 5.41) is 10.2. The molecule has 0 aromatic heterocycles. The number of ether oxygens (including phenoxy) is 3. The molecule has 3 heterocycles. The Morgan fingerprint density at radius 3 is 2.32 bits per heavy atom. The van der Waals surface area contributed by atoms with Gasteiger partial charge in [-0.2, -0.15) is 0 Å². The van der Waals surface area contributed by atoms with Crippen molar-refractivity contribution in [3.05, 3.63) is 78.0 Å². The van der Waals surface area contributed by atoms with Crippen molar-refractivity contribution in [2.24, 2.45) is 0 Å². The molecule has 0 saturated heterocycles. The molecule has 0 saturated carbocycles. The molecule has 3 aromatic carbocycles. The first-order chi connectivity index (χ1) is 16.7. The number of benzene rings is 3. The lowest BCUT2D eigenvalue weighted by atomic mass is 10.0. The quantitative estimate of drug-likeness (QED) is 0.342. The number of pyridine rings is 1. The van der Waals surface area contributed by atoms with E-state index in [-0.39, 0.29) is 0 Å². The first-order valence-electron chi connectivity index (χ1n) is 11.6. The monoisotopic (exact) mass is 451 g/mol. The molecule has 0 spiro atoms. The second kappa shape index (κ2) is 8.37. The van der Waals surface area contributed by atoms with Gasteiger partial charge in [0.1, 0.15) is 30.4 Å². The lowest BCUT2D eigenvalue weighted by molar-refractivity contribution is 0.172. The minimum Gasteiger partial charge on any atom is -0.494 e. The maximum Gasteiger partial charge on any atom is 0.163 e. The predicted octanol–water partition coefficient (Wildman–Crippen LogP) is 5.73. The van der Waals surface area contributed by atoms with Gasteiger partial charge in [-0.25, -0.2) is 0 Å². The Morgan fingerprint density at radius 1 is 0.882 bits per heavy atom. The molecule has 6 nitrogen and oxygen atoms in total. The summed E-state index contributed by atoms with van der Waals surface area (Å²) in [5.74, 6) is 2.36. The highest BCUT2D eigenvalue weighted by Crippen LogP contribution is 2.42. The van der Waals surface area contributed by atoms with Crippen molar-refractivity contribution in [1.82, 2.24) is 14.8 Å². The van der Waals surface area contributed by atoms with Crippen LogP contribution in [0.15, 0.2) is 66.9 Å². The summed E-state index contributed by atoms with van der Waals surface area (Å²) in [5.41, 5.74) is 7.22. The lowest BCUT2D eigenvalue weighted by Gasteiger charge is -2.21. The van der Waals surface area contributed by atoms with Crippen molar-refractivity contribution in [2.75, 3.05) is 19.8 Å². The van der Waals surface area contributed by atoms with Gasteiger partial charge in [-0.3, -0.25) is 0 Å². The van der Waals surface area contributed by atoms with Crippen LogP contribution in [0.25, 0.3) is 33.4 Å². The SMILES string of the molecule is CCOc1ccc(-c2nnc3c4cc5c(cc4n(Cc4ccc(C)cc4)cc2-3)OCCO5)cc1. The fourth-order valence-corrected chi connectivity index (χ4v) is 4.48. The van der Waals surface area contributed by atoms with Crippen molar-refractivity contribution in [1.29, 1.82) is 0 Å². The molecule has 0 bridgehead atoms. The summed E-state index contributed by atoms with van der Waals surface area (Å²) in [4.78, 5) is 0. The van der Waals surface area contributed by atoms with Crippen molar-refractivity contribution in [2.45, 2.75) is 20.4 Å². The number of fused-ring (bicyclic) bond motifs is 4. The van der Waals surface area contributed by atoms with Gasteiger partial charge in [0.25, 0.3) is 0 Å². The smallest absolute Gasteiger partial charge is 0.163 e. The zero-order valence-corrected chi connectivity index (χ0v) is 19.2. The topological polar surface area (TPSA) is 58.4 Å². The number of hydrogen-bond acceptors (Lipinski definition) is 5. The van der Waals surface area contributed by atoms with Crippen LogP contribution >= 0.6 is 0 Å². The Balaban J connectivity index is 1.53. The van der Waals surface area contributed by atoms with Crippen molar-refractivity contribution >= 4 is 10.9 Å². The minimum atomic E-state index is 0.544. The van der Waals surface area contributed by atoms with E-state index < -0.39 is 0 Å². The number of aromatic nitrogens is 3. The number of nitrogens with zero attached hydrogens (tertiary/aromatic N) is 3. The van der Waals surface area contributed by atoms with E-state index in [1.165, 1.54) is 11.1 Å². The van der Waals surface area contributed by atoms with E-state index in [9.17, 15) is 0 Å². The van der Waals surface area contributed by atoms with Gasteiger partial charge in [0.15, 0.2) is 11.5 Å². The van der Waals surface area contributed by atoms with Gasteiger partial charge in [-0.15, -0.1) is 10.2 Å². The Hall–Kier alpha value is -4.06. The van der Waals surface area contributed by atoms with Gasteiger partial charge in [0.2, 0.25) is 0 Å². The van der Waals surface area contributed by atoms with Gasteiger partial charge in [0, 0.05) is 35.3 Å². The molecule has 3 aromatic rings. The van der Waals surface area contributed by atoms with E-state index in [0.29, 0.717) is 19.8 Å². The summed E-state index contributed by atoms with van der Waals surface area (Å²) in [6.45, 7) is 6.54. The van der Waals surface area contributed by atoms with Crippen LogP contribution in [0.1, 0.15) is 18.1 Å². The molecule has 3 aliphatic heterocycles. The van der Waals surface area contributed by atoms with E-state index in [1.54, 1.807) is 0 Å². The Labute approximate surface area is 198 Å². The van der Waals surface area contributed by atoms with E-state index in [2.05, 4.69) is 58.2 Å². The molecule has 6 heteroatoms. The Bertz CT molecular complexity index is 1440. The van der Waals surface area contributed by atoms with Crippen LogP contribution < -0.4 is 14.2 Å². The fourth-order valence-electron chi connectivity index (χ4n) is 4.48. The first kappa shape index (κ1) is 20.5. The maximum atomic E-state index is 5.88. The second-order valence-electron chi connectivity index (χ2n) is 8.52. The lowest BCUT2D eigenvalue weighted by Crippen LogP contribution is -2.15. The van der Waals surface area contributed by atoms with Gasteiger partial charge in [0.05, 0.1) is 12.1 Å². The van der Waals surface area contributed by atoms with Crippen LogP contribution in [0.2, 0.25) is 0 Å². The number of aryl methyl sites for hydroxylation is 1. The molecule has 170 valence electrons. The van der Waals surface area contributed by atoms with Crippen LogP contribution in [-0.4, -0.2) is 34.6 Å². The molecule has 0 N–H and O–H groups in total. The third-order valence-corrected chi connectivity index (χ3v) is 6.18. The van der Waals surface area contributed by atoms with Gasteiger partial charge >= 0.3 is 0 Å². The van der Waals surface area contributed by atoms with E-state index in [1.807, 2.05) is 37.3 Å². The molecule has 0 radical (unpaired) electrons. The van der Waals surface area contributed by atoms with Crippen LogP contribution in [0, 0.1) is 6.92 Å². The molecule has 6 rings (SSSR count). The molecule has 3 aliphatic rings. The predicted molar refractivity (Wildman–Crippen MR) is 132 cm³/mol.